The third kappa shape index (κ3) is 6.14. The number of carbonyl (C=O) groups excluding carboxylic acids is 1. The van der Waals surface area contributed by atoms with E-state index < -0.39 is 6.10 Å². The second-order valence-corrected chi connectivity index (χ2v) is 4.94. The summed E-state index contributed by atoms with van der Waals surface area (Å²) in [6.45, 7) is 5.09. The number of hydrogen-bond acceptors (Lipinski definition) is 5. The number of Topliss-reactive ketones (excluding diaryl/α,β-unsaturated/α-hetero) is 1. The highest BCUT2D eigenvalue weighted by atomic mass is 16.5. The zero-order chi connectivity index (χ0) is 15.7. The van der Waals surface area contributed by atoms with E-state index in [4.69, 9.17) is 9.47 Å². The Kier molecular flexibility index (Phi) is 7.79. The molecule has 1 unspecified atom stereocenters. The highest BCUT2D eigenvalue weighted by molar-refractivity contribution is 5.97. The first-order chi connectivity index (χ1) is 10.1. The highest BCUT2D eigenvalue weighted by Gasteiger charge is 2.12. The molecule has 0 bridgehead atoms. The number of aliphatic hydroxyl groups is 1. The lowest BCUT2D eigenvalue weighted by molar-refractivity contribution is 0.0973. The Labute approximate surface area is 126 Å². The smallest absolute Gasteiger partial charge is 0.163 e. The van der Waals surface area contributed by atoms with Crippen LogP contribution in [0.4, 0.5) is 0 Å². The Balaban J connectivity index is 2.54. The van der Waals surface area contributed by atoms with Crippen molar-refractivity contribution >= 4 is 5.78 Å². The maximum absolute atomic E-state index is 11.6. The lowest BCUT2D eigenvalue weighted by atomic mass is 10.1. The summed E-state index contributed by atoms with van der Waals surface area (Å²) in [5, 5.41) is 13.0. The van der Waals surface area contributed by atoms with Crippen molar-refractivity contribution < 1.29 is 19.4 Å². The Bertz CT molecular complexity index is 448. The SMILES string of the molecule is CCCCNCC(O)COc1cc(OC)ccc1C(C)=O. The first-order valence-electron chi connectivity index (χ1n) is 7.29. The van der Waals surface area contributed by atoms with Crippen LogP contribution in [0.2, 0.25) is 0 Å². The van der Waals surface area contributed by atoms with E-state index in [9.17, 15) is 9.90 Å². The number of rotatable bonds is 10. The zero-order valence-electron chi connectivity index (χ0n) is 13.0. The van der Waals surface area contributed by atoms with Crippen molar-refractivity contribution in [3.63, 3.8) is 0 Å². The number of carbonyl (C=O) groups is 1. The van der Waals surface area contributed by atoms with E-state index in [0.29, 0.717) is 23.6 Å². The molecule has 1 aromatic carbocycles. The van der Waals surface area contributed by atoms with Gasteiger partial charge in [-0.1, -0.05) is 13.3 Å². The predicted molar refractivity (Wildman–Crippen MR) is 82.3 cm³/mol. The number of nitrogens with one attached hydrogen (secondary N) is 1. The standard InChI is InChI=1S/C16H25NO4/c1-4-5-8-17-10-13(19)11-21-16-9-14(20-3)6-7-15(16)12(2)18/h6-7,9,13,17,19H,4-5,8,10-11H2,1-3H3. The minimum Gasteiger partial charge on any atom is -0.497 e. The number of aliphatic hydroxyl groups excluding tert-OH is 1. The minimum atomic E-state index is -0.618. The van der Waals surface area contributed by atoms with Crippen molar-refractivity contribution in [2.24, 2.45) is 0 Å². The largest absolute Gasteiger partial charge is 0.497 e. The molecular weight excluding hydrogens is 270 g/mol. The van der Waals surface area contributed by atoms with Gasteiger partial charge in [-0.25, -0.2) is 0 Å². The summed E-state index contributed by atoms with van der Waals surface area (Å²) < 4.78 is 10.7. The van der Waals surface area contributed by atoms with E-state index in [1.54, 1.807) is 25.3 Å². The fourth-order valence-corrected chi connectivity index (χ4v) is 1.86. The van der Waals surface area contributed by atoms with E-state index in [-0.39, 0.29) is 12.4 Å². The minimum absolute atomic E-state index is 0.0804. The van der Waals surface area contributed by atoms with Gasteiger partial charge in [0.05, 0.1) is 12.7 Å². The average molecular weight is 295 g/mol. The van der Waals surface area contributed by atoms with Crippen molar-refractivity contribution in [1.29, 1.82) is 0 Å². The summed E-state index contributed by atoms with van der Waals surface area (Å²) in [4.78, 5) is 11.6. The monoisotopic (exact) mass is 295 g/mol. The van der Waals surface area contributed by atoms with Crippen LogP contribution in [-0.4, -0.2) is 43.8 Å². The molecule has 0 heterocycles. The lowest BCUT2D eigenvalue weighted by Crippen LogP contribution is -2.32. The van der Waals surface area contributed by atoms with Crippen LogP contribution >= 0.6 is 0 Å². The molecule has 0 aliphatic heterocycles. The van der Waals surface area contributed by atoms with E-state index in [0.717, 1.165) is 19.4 Å². The Hall–Kier alpha value is -1.59. The van der Waals surface area contributed by atoms with Gasteiger partial charge in [0.1, 0.15) is 24.2 Å². The topological polar surface area (TPSA) is 67.8 Å². The number of methoxy groups -OCH3 is 1. The Morgan fingerprint density at radius 2 is 2.19 bits per heavy atom. The number of benzene rings is 1. The van der Waals surface area contributed by atoms with Gasteiger partial charge in [-0.3, -0.25) is 4.79 Å². The van der Waals surface area contributed by atoms with Gasteiger partial charge in [-0.05, 0) is 32.0 Å². The van der Waals surface area contributed by atoms with Crippen LogP contribution in [0.25, 0.3) is 0 Å². The van der Waals surface area contributed by atoms with Crippen LogP contribution < -0.4 is 14.8 Å². The van der Waals surface area contributed by atoms with Gasteiger partial charge in [0, 0.05) is 12.6 Å². The summed E-state index contributed by atoms with van der Waals surface area (Å²) in [7, 11) is 1.55. The van der Waals surface area contributed by atoms with Gasteiger partial charge in [-0.2, -0.15) is 0 Å². The molecule has 1 rings (SSSR count). The van der Waals surface area contributed by atoms with Crippen LogP contribution in [0, 0.1) is 0 Å². The van der Waals surface area contributed by atoms with Crippen LogP contribution in [0.3, 0.4) is 0 Å². The van der Waals surface area contributed by atoms with E-state index in [1.165, 1.54) is 6.92 Å². The van der Waals surface area contributed by atoms with E-state index in [2.05, 4.69) is 12.2 Å². The van der Waals surface area contributed by atoms with Crippen molar-refractivity contribution in [1.82, 2.24) is 5.32 Å². The first kappa shape index (κ1) is 17.5. The Morgan fingerprint density at radius 1 is 1.43 bits per heavy atom. The molecule has 0 amide bonds. The molecule has 0 saturated carbocycles. The summed E-state index contributed by atoms with van der Waals surface area (Å²) >= 11 is 0. The van der Waals surface area contributed by atoms with E-state index in [1.807, 2.05) is 0 Å². The van der Waals surface area contributed by atoms with E-state index >= 15 is 0 Å². The molecule has 0 aliphatic carbocycles. The van der Waals surface area contributed by atoms with Gasteiger partial charge >= 0.3 is 0 Å². The third-order valence-corrected chi connectivity index (χ3v) is 3.09. The molecule has 0 aliphatic rings. The van der Waals surface area contributed by atoms with Crippen molar-refractivity contribution in [2.45, 2.75) is 32.8 Å². The molecule has 2 N–H and O–H groups in total. The van der Waals surface area contributed by atoms with Gasteiger partial charge < -0.3 is 19.9 Å². The zero-order valence-corrected chi connectivity index (χ0v) is 13.0. The fraction of sp³-hybridized carbons (Fsp3) is 0.562. The molecule has 0 fully saturated rings. The number of unbranched alkanes of at least 4 members (excludes halogenated alkanes) is 1. The number of ketones is 1. The summed E-state index contributed by atoms with van der Waals surface area (Å²) in [6, 6.07) is 5.04. The molecule has 0 aromatic heterocycles. The van der Waals surface area contributed by atoms with Crippen molar-refractivity contribution in [2.75, 3.05) is 26.8 Å². The van der Waals surface area contributed by atoms with Crippen LogP contribution in [0.15, 0.2) is 18.2 Å². The summed E-state index contributed by atoms with van der Waals surface area (Å²) in [5.74, 6) is 0.975. The predicted octanol–water partition coefficient (Wildman–Crippen LogP) is 2.03. The van der Waals surface area contributed by atoms with Gasteiger partial charge in [0.15, 0.2) is 5.78 Å². The number of ether oxygens (including phenoxy) is 2. The molecule has 5 nitrogen and oxygen atoms in total. The maximum Gasteiger partial charge on any atom is 0.163 e. The second-order valence-electron chi connectivity index (χ2n) is 4.94. The molecule has 0 spiro atoms. The molecule has 118 valence electrons. The second kappa shape index (κ2) is 9.37. The summed E-state index contributed by atoms with van der Waals surface area (Å²) in [5.41, 5.74) is 0.488. The van der Waals surface area contributed by atoms with Gasteiger partial charge in [-0.15, -0.1) is 0 Å². The molecule has 5 heteroatoms. The highest BCUT2D eigenvalue weighted by Crippen LogP contribution is 2.25. The molecular formula is C16H25NO4. The Morgan fingerprint density at radius 3 is 2.81 bits per heavy atom. The molecule has 0 radical (unpaired) electrons. The molecule has 21 heavy (non-hydrogen) atoms. The van der Waals surface area contributed by atoms with Crippen LogP contribution in [0.1, 0.15) is 37.0 Å². The first-order valence-corrected chi connectivity index (χ1v) is 7.29. The van der Waals surface area contributed by atoms with Gasteiger partial charge in [0.2, 0.25) is 0 Å². The molecule has 1 atom stereocenters. The molecule has 1 aromatic rings. The van der Waals surface area contributed by atoms with Crippen molar-refractivity contribution in [3.8, 4) is 11.5 Å². The fourth-order valence-electron chi connectivity index (χ4n) is 1.86. The summed E-state index contributed by atoms with van der Waals surface area (Å²) in [6.07, 6.45) is 1.58. The normalized spacial score (nSPS) is 12.0. The number of hydrogen-bond donors (Lipinski definition) is 2. The average Bonchev–Trinajstić information content (AvgIpc) is 2.49. The molecule has 0 saturated heterocycles. The maximum atomic E-state index is 11.6. The van der Waals surface area contributed by atoms with Crippen LogP contribution in [-0.2, 0) is 0 Å². The van der Waals surface area contributed by atoms with Crippen molar-refractivity contribution in [3.05, 3.63) is 23.8 Å². The van der Waals surface area contributed by atoms with Gasteiger partial charge in [0.25, 0.3) is 0 Å². The van der Waals surface area contributed by atoms with Crippen LogP contribution in [0.5, 0.6) is 11.5 Å². The quantitative estimate of drug-likeness (QED) is 0.510. The lowest BCUT2D eigenvalue weighted by Gasteiger charge is -2.15. The third-order valence-electron chi connectivity index (χ3n) is 3.09.